The monoisotopic (exact) mass is 279 g/mol. The molecule has 0 aliphatic heterocycles. The van der Waals surface area contributed by atoms with E-state index >= 15 is 0 Å². The van der Waals surface area contributed by atoms with Gasteiger partial charge in [-0.3, -0.25) is 0 Å². The summed E-state index contributed by atoms with van der Waals surface area (Å²) in [6, 6.07) is 6.51. The van der Waals surface area contributed by atoms with Gasteiger partial charge in [-0.2, -0.15) is 0 Å². The molecule has 1 fully saturated rings. The topological polar surface area (TPSA) is 66.4 Å². The van der Waals surface area contributed by atoms with Crippen LogP contribution in [0.25, 0.3) is 0 Å². The van der Waals surface area contributed by atoms with Gasteiger partial charge in [-0.1, -0.05) is 24.0 Å². The molecule has 0 amide bonds. The average molecular weight is 279 g/mol. The van der Waals surface area contributed by atoms with E-state index in [1.807, 2.05) is 6.92 Å². The zero-order valence-corrected chi connectivity index (χ0v) is 11.6. The van der Waals surface area contributed by atoms with E-state index in [-0.39, 0.29) is 17.5 Å². The molecule has 4 nitrogen and oxygen atoms in total. The molecule has 0 heterocycles. The Balaban J connectivity index is 2.28. The third kappa shape index (κ3) is 3.57. The molecule has 1 aromatic rings. The van der Waals surface area contributed by atoms with Gasteiger partial charge in [-0.05, 0) is 37.8 Å². The molecule has 102 valence electrons. The van der Waals surface area contributed by atoms with E-state index in [9.17, 15) is 8.42 Å². The summed E-state index contributed by atoms with van der Waals surface area (Å²) in [4.78, 5) is 0.170. The molecule has 1 aliphatic rings. The lowest BCUT2D eigenvalue weighted by atomic mass is 10.2. The number of sulfonamides is 1. The van der Waals surface area contributed by atoms with Gasteiger partial charge in [0.15, 0.2) is 0 Å². The predicted octanol–water partition coefficient (Wildman–Crippen LogP) is 1.11. The lowest BCUT2D eigenvalue weighted by Crippen LogP contribution is -2.34. The molecule has 0 bridgehead atoms. The van der Waals surface area contributed by atoms with Crippen molar-refractivity contribution in [3.05, 3.63) is 29.8 Å². The predicted molar refractivity (Wildman–Crippen MR) is 72.9 cm³/mol. The summed E-state index contributed by atoms with van der Waals surface area (Å²) < 4.78 is 27.3. The molecular weight excluding hydrogens is 262 g/mol. The fourth-order valence-corrected chi connectivity index (χ4v) is 3.41. The number of aliphatic hydroxyl groups excluding tert-OH is 1. The lowest BCUT2D eigenvalue weighted by Gasteiger charge is -2.14. The highest BCUT2D eigenvalue weighted by Gasteiger charge is 2.31. The number of rotatable bonds is 4. The third-order valence-corrected chi connectivity index (χ3v) is 4.77. The first-order chi connectivity index (χ1) is 9.04. The molecule has 0 radical (unpaired) electrons. The summed E-state index contributed by atoms with van der Waals surface area (Å²) in [6.07, 6.45) is 2.16. The van der Waals surface area contributed by atoms with Crippen LogP contribution in [0.5, 0.6) is 0 Å². The van der Waals surface area contributed by atoms with Gasteiger partial charge < -0.3 is 5.11 Å². The van der Waals surface area contributed by atoms with E-state index in [0.717, 1.165) is 12.8 Å². The van der Waals surface area contributed by atoms with Crippen LogP contribution < -0.4 is 4.72 Å². The SMILES string of the molecule is CC(NS(=O)(=O)c1ccccc1C#CCO)C1CC1. The Morgan fingerprint density at radius 3 is 2.74 bits per heavy atom. The summed E-state index contributed by atoms with van der Waals surface area (Å²) in [5.41, 5.74) is 0.409. The molecule has 1 aromatic carbocycles. The van der Waals surface area contributed by atoms with Crippen LogP contribution in [0.4, 0.5) is 0 Å². The highest BCUT2D eigenvalue weighted by atomic mass is 32.2. The fraction of sp³-hybridized carbons (Fsp3) is 0.429. The number of benzene rings is 1. The minimum atomic E-state index is -3.56. The summed E-state index contributed by atoms with van der Waals surface area (Å²) in [7, 11) is -3.56. The molecule has 5 heteroatoms. The molecule has 0 saturated heterocycles. The summed E-state index contributed by atoms with van der Waals surface area (Å²) in [5.74, 6) is 5.60. The lowest BCUT2D eigenvalue weighted by molar-refractivity contribution is 0.350. The Labute approximate surface area is 113 Å². The van der Waals surface area contributed by atoms with Gasteiger partial charge in [-0.25, -0.2) is 13.1 Å². The van der Waals surface area contributed by atoms with E-state index in [2.05, 4.69) is 16.6 Å². The quantitative estimate of drug-likeness (QED) is 0.811. The molecule has 2 rings (SSSR count). The van der Waals surface area contributed by atoms with Gasteiger partial charge in [0.25, 0.3) is 0 Å². The Morgan fingerprint density at radius 1 is 1.42 bits per heavy atom. The maximum absolute atomic E-state index is 12.3. The fourth-order valence-electron chi connectivity index (χ4n) is 1.94. The second-order valence-electron chi connectivity index (χ2n) is 4.70. The first-order valence-corrected chi connectivity index (χ1v) is 7.74. The Hall–Kier alpha value is -1.35. The van der Waals surface area contributed by atoms with Crippen molar-refractivity contribution in [3.8, 4) is 11.8 Å². The smallest absolute Gasteiger partial charge is 0.242 e. The highest BCUT2D eigenvalue weighted by molar-refractivity contribution is 7.89. The molecule has 0 spiro atoms. The van der Waals surface area contributed by atoms with E-state index in [1.54, 1.807) is 18.2 Å². The van der Waals surface area contributed by atoms with Crippen LogP contribution >= 0.6 is 0 Å². The summed E-state index contributed by atoms with van der Waals surface area (Å²) in [6.45, 7) is 1.59. The van der Waals surface area contributed by atoms with Crippen LogP contribution in [0.1, 0.15) is 25.3 Å². The molecule has 0 aromatic heterocycles. The minimum absolute atomic E-state index is 0.0520. The van der Waals surface area contributed by atoms with Gasteiger partial charge in [-0.15, -0.1) is 0 Å². The van der Waals surface area contributed by atoms with E-state index < -0.39 is 10.0 Å². The second kappa shape index (κ2) is 5.74. The average Bonchev–Trinajstić information content (AvgIpc) is 3.20. The normalized spacial score (nSPS) is 16.5. The van der Waals surface area contributed by atoms with Crippen molar-refractivity contribution in [2.75, 3.05) is 6.61 Å². The van der Waals surface area contributed by atoms with Gasteiger partial charge in [0.05, 0.1) is 4.90 Å². The van der Waals surface area contributed by atoms with Crippen molar-refractivity contribution >= 4 is 10.0 Å². The Bertz CT molecular complexity index is 609. The first-order valence-electron chi connectivity index (χ1n) is 6.25. The van der Waals surface area contributed by atoms with Crippen molar-refractivity contribution in [2.24, 2.45) is 5.92 Å². The largest absolute Gasteiger partial charge is 0.384 e. The first kappa shape index (κ1) is 14.1. The molecule has 2 N–H and O–H groups in total. The molecular formula is C14H17NO3S. The number of nitrogens with one attached hydrogen (secondary N) is 1. The maximum Gasteiger partial charge on any atom is 0.242 e. The Kier molecular flexibility index (Phi) is 4.25. The van der Waals surface area contributed by atoms with E-state index in [1.165, 1.54) is 6.07 Å². The standard InChI is InChI=1S/C14H17NO3S/c1-11(12-8-9-12)15-19(17,18)14-7-3-2-5-13(14)6-4-10-16/h2-3,5,7,11-12,15-16H,8-10H2,1H3. The number of aliphatic hydroxyl groups is 1. The van der Waals surface area contributed by atoms with Crippen molar-refractivity contribution in [1.82, 2.24) is 4.72 Å². The molecule has 1 unspecified atom stereocenters. The summed E-state index contributed by atoms with van der Waals surface area (Å²) in [5, 5.41) is 8.71. The highest BCUT2D eigenvalue weighted by Crippen LogP contribution is 2.33. The van der Waals surface area contributed by atoms with Crippen LogP contribution in [0.2, 0.25) is 0 Å². The van der Waals surface area contributed by atoms with E-state index in [4.69, 9.17) is 5.11 Å². The maximum atomic E-state index is 12.3. The van der Waals surface area contributed by atoms with Crippen molar-refractivity contribution in [2.45, 2.75) is 30.7 Å². The molecule has 1 aliphatic carbocycles. The van der Waals surface area contributed by atoms with Crippen LogP contribution in [0, 0.1) is 17.8 Å². The second-order valence-corrected chi connectivity index (χ2v) is 6.39. The van der Waals surface area contributed by atoms with Crippen molar-refractivity contribution in [3.63, 3.8) is 0 Å². The van der Waals surface area contributed by atoms with Crippen LogP contribution in [-0.2, 0) is 10.0 Å². The number of hydrogen-bond acceptors (Lipinski definition) is 3. The number of hydrogen-bond donors (Lipinski definition) is 2. The van der Waals surface area contributed by atoms with Gasteiger partial charge in [0.2, 0.25) is 10.0 Å². The van der Waals surface area contributed by atoms with Crippen LogP contribution in [0.3, 0.4) is 0 Å². The van der Waals surface area contributed by atoms with Gasteiger partial charge in [0.1, 0.15) is 6.61 Å². The van der Waals surface area contributed by atoms with Crippen LogP contribution in [-0.4, -0.2) is 26.2 Å². The molecule has 1 saturated carbocycles. The van der Waals surface area contributed by atoms with Gasteiger partial charge >= 0.3 is 0 Å². The minimum Gasteiger partial charge on any atom is -0.384 e. The zero-order chi connectivity index (χ0) is 13.9. The molecule has 19 heavy (non-hydrogen) atoms. The van der Waals surface area contributed by atoms with E-state index in [0.29, 0.717) is 11.5 Å². The van der Waals surface area contributed by atoms with Crippen LogP contribution in [0.15, 0.2) is 29.2 Å². The Morgan fingerprint density at radius 2 is 2.11 bits per heavy atom. The van der Waals surface area contributed by atoms with Crippen molar-refractivity contribution in [1.29, 1.82) is 0 Å². The third-order valence-electron chi connectivity index (χ3n) is 3.15. The van der Waals surface area contributed by atoms with Crippen molar-refractivity contribution < 1.29 is 13.5 Å². The zero-order valence-electron chi connectivity index (χ0n) is 10.8. The summed E-state index contributed by atoms with van der Waals surface area (Å²) >= 11 is 0. The molecule has 1 atom stereocenters. The van der Waals surface area contributed by atoms with Gasteiger partial charge in [0, 0.05) is 11.6 Å².